The van der Waals surface area contributed by atoms with E-state index in [9.17, 15) is 14.7 Å². The van der Waals surface area contributed by atoms with E-state index < -0.39 is 11.6 Å². The van der Waals surface area contributed by atoms with Crippen molar-refractivity contribution < 1.29 is 24.2 Å². The number of esters is 1. The molecule has 0 atom stereocenters. The van der Waals surface area contributed by atoms with Crippen LogP contribution in [0.4, 0.5) is 0 Å². The summed E-state index contributed by atoms with van der Waals surface area (Å²) in [5.74, 6) is -0.102. The topological polar surface area (TPSA) is 76.1 Å². The average Bonchev–Trinajstić information content (AvgIpc) is 3.50. The summed E-state index contributed by atoms with van der Waals surface area (Å²) in [5.41, 5.74) is -0.415. The molecule has 1 amide bonds. The molecule has 0 bridgehead atoms. The van der Waals surface area contributed by atoms with Crippen LogP contribution in [0.5, 0.6) is 5.75 Å². The van der Waals surface area contributed by atoms with Crippen molar-refractivity contribution in [1.82, 2.24) is 4.90 Å². The molecule has 0 radical (unpaired) electrons. The molecule has 26 heavy (non-hydrogen) atoms. The zero-order valence-corrected chi connectivity index (χ0v) is 15.3. The molecule has 2 aliphatic carbocycles. The molecule has 1 aromatic rings. The summed E-state index contributed by atoms with van der Waals surface area (Å²) in [6, 6.07) is 7.80. The van der Waals surface area contributed by atoms with Gasteiger partial charge in [-0.2, -0.15) is 0 Å². The fourth-order valence-corrected chi connectivity index (χ4v) is 3.42. The number of benzene rings is 1. The third-order valence-electron chi connectivity index (χ3n) is 5.21. The van der Waals surface area contributed by atoms with Crippen LogP contribution in [-0.4, -0.2) is 47.2 Å². The van der Waals surface area contributed by atoms with Gasteiger partial charge in [-0.1, -0.05) is 18.6 Å². The molecule has 6 nitrogen and oxygen atoms in total. The number of carbonyl (C=O) groups excluding carboxylic acids is 2. The van der Waals surface area contributed by atoms with Gasteiger partial charge in [0.25, 0.3) is 5.91 Å². The number of carbonyl (C=O) groups is 2. The smallest absolute Gasteiger partial charge is 0.338 e. The van der Waals surface area contributed by atoms with Crippen LogP contribution in [-0.2, 0) is 20.9 Å². The highest BCUT2D eigenvalue weighted by molar-refractivity contribution is 5.84. The van der Waals surface area contributed by atoms with Gasteiger partial charge in [0.1, 0.15) is 5.75 Å². The van der Waals surface area contributed by atoms with E-state index in [-0.39, 0.29) is 18.6 Å². The van der Waals surface area contributed by atoms with Crippen molar-refractivity contribution in [3.8, 4) is 5.75 Å². The third kappa shape index (κ3) is 4.55. The highest BCUT2D eigenvalue weighted by atomic mass is 16.6. The summed E-state index contributed by atoms with van der Waals surface area (Å²) in [6.07, 6.45) is 5.41. The lowest BCUT2D eigenvalue weighted by atomic mass is 9.85. The molecular weight excluding hydrogens is 334 g/mol. The highest BCUT2D eigenvalue weighted by Crippen LogP contribution is 2.30. The van der Waals surface area contributed by atoms with Crippen LogP contribution >= 0.6 is 0 Å². The maximum Gasteiger partial charge on any atom is 0.338 e. The quantitative estimate of drug-likeness (QED) is 0.755. The molecule has 0 unspecified atom stereocenters. The Labute approximate surface area is 154 Å². The van der Waals surface area contributed by atoms with Crippen LogP contribution in [0.15, 0.2) is 24.3 Å². The number of ether oxygens (including phenoxy) is 2. The summed E-state index contributed by atoms with van der Waals surface area (Å²) in [6.45, 7) is 0.170. The molecule has 6 heteroatoms. The highest BCUT2D eigenvalue weighted by Gasteiger charge is 2.40. The van der Waals surface area contributed by atoms with Gasteiger partial charge in [-0.05, 0) is 56.2 Å². The Kier molecular flexibility index (Phi) is 5.81. The Morgan fingerprint density at radius 2 is 1.81 bits per heavy atom. The Bertz CT molecular complexity index is 632. The van der Waals surface area contributed by atoms with E-state index in [1.54, 1.807) is 12.0 Å². The maximum absolute atomic E-state index is 12.6. The Morgan fingerprint density at radius 1 is 1.15 bits per heavy atom. The summed E-state index contributed by atoms with van der Waals surface area (Å²) in [5, 5.41) is 10.4. The van der Waals surface area contributed by atoms with Gasteiger partial charge >= 0.3 is 5.97 Å². The minimum atomic E-state index is -1.42. The molecule has 1 aromatic carbocycles. The van der Waals surface area contributed by atoms with Crippen molar-refractivity contribution in [2.24, 2.45) is 0 Å². The molecule has 0 aromatic heterocycles. The van der Waals surface area contributed by atoms with Crippen LogP contribution < -0.4 is 4.74 Å². The predicted octanol–water partition coefficient (Wildman–Crippen LogP) is 2.42. The number of hydrogen-bond donors (Lipinski definition) is 1. The molecular formula is C20H27NO5. The van der Waals surface area contributed by atoms with E-state index in [1.807, 2.05) is 24.3 Å². The first kappa shape index (κ1) is 18.7. The van der Waals surface area contributed by atoms with Crippen molar-refractivity contribution in [2.75, 3.05) is 13.7 Å². The van der Waals surface area contributed by atoms with Gasteiger partial charge < -0.3 is 19.5 Å². The van der Waals surface area contributed by atoms with E-state index in [1.165, 1.54) is 0 Å². The minimum absolute atomic E-state index is 0.209. The van der Waals surface area contributed by atoms with Crippen molar-refractivity contribution >= 4 is 11.9 Å². The van der Waals surface area contributed by atoms with E-state index in [0.717, 1.165) is 43.4 Å². The lowest BCUT2D eigenvalue weighted by Crippen LogP contribution is -2.44. The lowest BCUT2D eigenvalue weighted by Gasteiger charge is -2.30. The van der Waals surface area contributed by atoms with Crippen molar-refractivity contribution in [3.63, 3.8) is 0 Å². The molecule has 1 N–H and O–H groups in total. The number of nitrogens with zero attached hydrogens (tertiary/aromatic N) is 1. The Hall–Kier alpha value is -2.08. The molecule has 0 saturated heterocycles. The molecule has 0 aliphatic heterocycles. The van der Waals surface area contributed by atoms with Crippen LogP contribution in [0.3, 0.4) is 0 Å². The fourth-order valence-electron chi connectivity index (χ4n) is 3.42. The monoisotopic (exact) mass is 361 g/mol. The average molecular weight is 361 g/mol. The first-order chi connectivity index (χ1) is 12.5. The largest absolute Gasteiger partial charge is 0.497 e. The third-order valence-corrected chi connectivity index (χ3v) is 5.21. The molecule has 0 heterocycles. The lowest BCUT2D eigenvalue weighted by molar-refractivity contribution is -0.172. The van der Waals surface area contributed by atoms with Gasteiger partial charge in [0.15, 0.2) is 12.2 Å². The summed E-state index contributed by atoms with van der Waals surface area (Å²) in [7, 11) is 1.61. The van der Waals surface area contributed by atoms with Crippen LogP contribution in [0.2, 0.25) is 0 Å². The maximum atomic E-state index is 12.6. The summed E-state index contributed by atoms with van der Waals surface area (Å²) in [4.78, 5) is 26.6. The van der Waals surface area contributed by atoms with Gasteiger partial charge in [-0.15, -0.1) is 0 Å². The molecule has 3 rings (SSSR count). The van der Waals surface area contributed by atoms with Crippen LogP contribution in [0, 0.1) is 0 Å². The van der Waals surface area contributed by atoms with Crippen LogP contribution in [0.25, 0.3) is 0 Å². The molecule has 142 valence electrons. The van der Waals surface area contributed by atoms with E-state index in [4.69, 9.17) is 9.47 Å². The summed E-state index contributed by atoms with van der Waals surface area (Å²) < 4.78 is 10.3. The first-order valence-electron chi connectivity index (χ1n) is 9.34. The van der Waals surface area contributed by atoms with Crippen molar-refractivity contribution in [1.29, 1.82) is 0 Å². The second kappa shape index (κ2) is 8.08. The number of hydrogen-bond acceptors (Lipinski definition) is 5. The number of methoxy groups -OCH3 is 1. The van der Waals surface area contributed by atoms with Gasteiger partial charge in [0, 0.05) is 12.6 Å². The molecule has 2 saturated carbocycles. The normalized spacial score (nSPS) is 18.8. The zero-order chi connectivity index (χ0) is 18.6. The van der Waals surface area contributed by atoms with Gasteiger partial charge in [-0.25, -0.2) is 4.79 Å². The zero-order valence-electron chi connectivity index (χ0n) is 15.3. The Balaban J connectivity index is 1.56. The van der Waals surface area contributed by atoms with E-state index >= 15 is 0 Å². The molecule has 2 aliphatic rings. The van der Waals surface area contributed by atoms with Crippen molar-refractivity contribution in [3.05, 3.63) is 29.8 Å². The fraction of sp³-hybridized carbons (Fsp3) is 0.600. The number of amides is 1. The van der Waals surface area contributed by atoms with Gasteiger partial charge in [0.2, 0.25) is 0 Å². The van der Waals surface area contributed by atoms with E-state index in [0.29, 0.717) is 19.4 Å². The van der Waals surface area contributed by atoms with E-state index in [2.05, 4.69) is 0 Å². The number of rotatable bonds is 7. The standard InChI is InChI=1S/C20H27NO5/c1-25-17-9-5-15(6-10-17)13-21(16-7-8-16)18(22)14-26-19(23)20(24)11-3-2-4-12-20/h5-6,9-10,16,24H,2-4,7-8,11-14H2,1H3. The SMILES string of the molecule is COc1ccc(CN(C(=O)COC(=O)C2(O)CCCCC2)C2CC2)cc1. The molecule has 2 fully saturated rings. The predicted molar refractivity (Wildman–Crippen MR) is 95.6 cm³/mol. The van der Waals surface area contributed by atoms with Crippen molar-refractivity contribution in [2.45, 2.75) is 63.1 Å². The summed E-state index contributed by atoms with van der Waals surface area (Å²) >= 11 is 0. The van der Waals surface area contributed by atoms with Crippen LogP contribution in [0.1, 0.15) is 50.5 Å². The molecule has 0 spiro atoms. The van der Waals surface area contributed by atoms with Gasteiger partial charge in [0.05, 0.1) is 7.11 Å². The minimum Gasteiger partial charge on any atom is -0.497 e. The first-order valence-corrected chi connectivity index (χ1v) is 9.34. The second-order valence-corrected chi connectivity index (χ2v) is 7.27. The number of aliphatic hydroxyl groups is 1. The second-order valence-electron chi connectivity index (χ2n) is 7.27. The van der Waals surface area contributed by atoms with Gasteiger partial charge in [-0.3, -0.25) is 4.79 Å². The Morgan fingerprint density at radius 3 is 2.38 bits per heavy atom.